The highest BCUT2D eigenvalue weighted by atomic mass is 19.4. The fourth-order valence-corrected chi connectivity index (χ4v) is 5.13. The first kappa shape index (κ1) is 22.8. The van der Waals surface area contributed by atoms with Crippen LogP contribution in [0.25, 0.3) is 11.2 Å². The van der Waals surface area contributed by atoms with Crippen molar-refractivity contribution in [2.45, 2.75) is 49.8 Å². The van der Waals surface area contributed by atoms with Gasteiger partial charge in [-0.3, -0.25) is 14.3 Å². The third-order valence-electron chi connectivity index (χ3n) is 7.02. The van der Waals surface area contributed by atoms with Crippen LogP contribution in [-0.2, 0) is 4.79 Å². The number of likely N-dealkylation sites (tertiary alicyclic amines) is 2. The summed E-state index contributed by atoms with van der Waals surface area (Å²) in [5, 5.41) is 2.25. The molecule has 0 radical (unpaired) electrons. The first-order valence-electron chi connectivity index (χ1n) is 14.5. The molecule has 9 nitrogen and oxygen atoms in total. The van der Waals surface area contributed by atoms with E-state index in [4.69, 9.17) is 5.48 Å². The molecule has 2 aliphatic heterocycles. The quantitative estimate of drug-likeness (QED) is 0.467. The molecule has 4 heterocycles. The topological polar surface area (TPSA) is 103 Å². The smallest absolute Gasteiger partial charge is 0.331 e. The molecule has 3 aromatic rings. The highest BCUT2D eigenvalue weighted by molar-refractivity contribution is 5.87. The molecule has 14 heteroatoms. The van der Waals surface area contributed by atoms with Crippen LogP contribution in [0.4, 0.5) is 26.7 Å². The number of rotatable bonds is 4. The largest absolute Gasteiger partial charge is 0.406 e. The van der Waals surface area contributed by atoms with Crippen LogP contribution < -0.4 is 11.0 Å². The van der Waals surface area contributed by atoms with Gasteiger partial charge in [-0.05, 0) is 49.4 Å². The number of imidazole rings is 1. The number of aromatic amines is 1. The van der Waals surface area contributed by atoms with E-state index < -0.39 is 78.8 Å². The molecule has 5 rings (SSSR count). The maximum Gasteiger partial charge on any atom is 0.406 e. The number of nitrogens with one attached hydrogen (secondary N) is 2. The average Bonchev–Trinajstić information content (AvgIpc) is 3.24. The lowest BCUT2D eigenvalue weighted by Gasteiger charge is -2.34. The molecule has 2 fully saturated rings. The van der Waals surface area contributed by atoms with E-state index in [1.807, 2.05) is 0 Å². The fraction of sp³-hybridized carbons (Fsp3) is 0.462. The first-order valence-corrected chi connectivity index (χ1v) is 12.5. The van der Waals surface area contributed by atoms with Crippen LogP contribution >= 0.6 is 0 Å². The summed E-state index contributed by atoms with van der Waals surface area (Å²) in [5.41, 5.74) is -0.118. The van der Waals surface area contributed by atoms with Gasteiger partial charge in [0.05, 0.1) is 8.26 Å². The van der Waals surface area contributed by atoms with Crippen molar-refractivity contribution in [2.75, 3.05) is 26.1 Å². The number of hydrogen-bond donors (Lipinski definition) is 2. The standard InChI is InChI=1S/C26H27F5N6O3/c27-18-4-1-3-17(21(18)28)15-6-7-19(23(38)36(13-15)14-26(29,30)31)33-24(39)35-11-8-16(9-12-35)37-20-5-2-10-32-22(20)34-25(37)40/h1-5,10,15-16,19H,6-9,11-14H2,(H,33,39)(H,32,34,40)/t15-,19-/m1/s1/i6D2,14D2. The normalized spacial score (nSPS) is 24.2. The molecular formula is C26H27F5N6O3. The molecule has 1 aromatic carbocycles. The number of piperidine rings is 1. The lowest BCUT2D eigenvalue weighted by molar-refractivity contribution is -0.162. The fourth-order valence-electron chi connectivity index (χ4n) is 5.13. The van der Waals surface area contributed by atoms with E-state index in [9.17, 15) is 36.3 Å². The average molecular weight is 571 g/mol. The SMILES string of the molecule is [2H]C1([2H])C[C@@H](NC(=O)N2CCC(n3c(=O)[nH]c4ncccc43)CC2)C(=O)N(C([2H])([2H])C(F)(F)F)C[C@@H]1c1cccc(F)c1F. The number of hydrogen-bond acceptors (Lipinski definition) is 4. The van der Waals surface area contributed by atoms with E-state index in [2.05, 4.69) is 15.3 Å². The Morgan fingerprint density at radius 3 is 2.62 bits per heavy atom. The summed E-state index contributed by atoms with van der Waals surface area (Å²) < 4.78 is 104. The van der Waals surface area contributed by atoms with Crippen LogP contribution in [0, 0.1) is 11.6 Å². The van der Waals surface area contributed by atoms with Gasteiger partial charge in [0, 0.05) is 40.5 Å². The second-order valence-electron chi connectivity index (χ2n) is 9.55. The first-order chi connectivity index (χ1) is 20.5. The van der Waals surface area contributed by atoms with Crippen molar-refractivity contribution in [2.24, 2.45) is 0 Å². The van der Waals surface area contributed by atoms with Crippen LogP contribution in [0.1, 0.15) is 48.6 Å². The minimum absolute atomic E-state index is 0.0634. The van der Waals surface area contributed by atoms with E-state index in [1.54, 1.807) is 12.1 Å². The Bertz CT molecular complexity index is 1640. The molecule has 2 N–H and O–H groups in total. The summed E-state index contributed by atoms with van der Waals surface area (Å²) in [7, 11) is 0. The molecule has 0 unspecified atom stereocenters. The molecule has 2 aromatic heterocycles. The van der Waals surface area contributed by atoms with Gasteiger partial charge in [-0.2, -0.15) is 13.2 Å². The molecule has 0 saturated carbocycles. The maximum absolute atomic E-state index is 14.7. The number of halogens is 5. The zero-order valence-electron chi connectivity index (χ0n) is 24.8. The minimum atomic E-state index is -5.64. The number of nitrogens with zero attached hydrogens (tertiary/aromatic N) is 4. The van der Waals surface area contributed by atoms with Crippen LogP contribution in [0.3, 0.4) is 0 Å². The Balaban J connectivity index is 1.39. The molecule has 214 valence electrons. The van der Waals surface area contributed by atoms with Crippen LogP contribution in [0.5, 0.6) is 0 Å². The number of carbonyl (C=O) groups is 2. The van der Waals surface area contributed by atoms with Gasteiger partial charge in [0.15, 0.2) is 17.3 Å². The zero-order valence-corrected chi connectivity index (χ0v) is 20.8. The second kappa shape index (κ2) is 10.9. The monoisotopic (exact) mass is 570 g/mol. The summed E-state index contributed by atoms with van der Waals surface area (Å²) in [5.74, 6) is -6.44. The van der Waals surface area contributed by atoms with Crippen LogP contribution in [-0.4, -0.2) is 74.6 Å². The van der Waals surface area contributed by atoms with Crippen molar-refractivity contribution < 1.29 is 37.0 Å². The van der Waals surface area contributed by atoms with Crippen molar-refractivity contribution in [3.05, 3.63) is 64.2 Å². The summed E-state index contributed by atoms with van der Waals surface area (Å²) in [4.78, 5) is 46.9. The predicted molar refractivity (Wildman–Crippen MR) is 133 cm³/mol. The summed E-state index contributed by atoms with van der Waals surface area (Å²) in [6.07, 6.45) is -7.19. The minimum Gasteiger partial charge on any atom is -0.331 e. The highest BCUT2D eigenvalue weighted by Crippen LogP contribution is 2.32. The number of fused-ring (bicyclic) bond motifs is 1. The van der Waals surface area contributed by atoms with Crippen molar-refractivity contribution >= 4 is 23.1 Å². The predicted octanol–water partition coefficient (Wildman–Crippen LogP) is 3.69. The lowest BCUT2D eigenvalue weighted by atomic mass is 9.93. The molecule has 2 aliphatic rings. The van der Waals surface area contributed by atoms with Gasteiger partial charge in [0.25, 0.3) is 0 Å². The second-order valence-corrected chi connectivity index (χ2v) is 9.55. The molecule has 40 heavy (non-hydrogen) atoms. The Morgan fingerprint density at radius 1 is 1.15 bits per heavy atom. The van der Waals surface area contributed by atoms with Gasteiger partial charge >= 0.3 is 17.9 Å². The third-order valence-corrected chi connectivity index (χ3v) is 7.02. The van der Waals surface area contributed by atoms with Gasteiger partial charge in [0.2, 0.25) is 5.91 Å². The summed E-state index contributed by atoms with van der Waals surface area (Å²) in [6, 6.07) is 2.84. The lowest BCUT2D eigenvalue weighted by Crippen LogP contribution is -2.54. The number of alkyl halides is 3. The van der Waals surface area contributed by atoms with Crippen molar-refractivity contribution in [3.8, 4) is 0 Å². The van der Waals surface area contributed by atoms with E-state index in [0.717, 1.165) is 18.2 Å². The van der Waals surface area contributed by atoms with Crippen molar-refractivity contribution in [3.63, 3.8) is 0 Å². The number of benzene rings is 1. The Hall–Kier alpha value is -3.97. The number of pyridine rings is 1. The molecule has 3 amide bonds. The van der Waals surface area contributed by atoms with Gasteiger partial charge in [0.1, 0.15) is 12.5 Å². The molecule has 0 spiro atoms. The number of amides is 3. The van der Waals surface area contributed by atoms with Gasteiger partial charge in [-0.15, -0.1) is 0 Å². The Morgan fingerprint density at radius 2 is 1.90 bits per heavy atom. The van der Waals surface area contributed by atoms with Crippen LogP contribution in [0.2, 0.25) is 0 Å². The molecule has 0 bridgehead atoms. The molecular weight excluding hydrogens is 539 g/mol. The van der Waals surface area contributed by atoms with E-state index >= 15 is 0 Å². The molecule has 2 saturated heterocycles. The highest BCUT2D eigenvalue weighted by Gasteiger charge is 2.40. The van der Waals surface area contributed by atoms with E-state index in [1.165, 1.54) is 15.7 Å². The van der Waals surface area contributed by atoms with Crippen molar-refractivity contribution in [1.82, 2.24) is 29.7 Å². The van der Waals surface area contributed by atoms with Crippen molar-refractivity contribution in [1.29, 1.82) is 0 Å². The molecule has 2 atom stereocenters. The van der Waals surface area contributed by atoms with E-state index in [0.29, 0.717) is 11.2 Å². The Labute approximate surface area is 230 Å². The number of carbonyl (C=O) groups excluding carboxylic acids is 2. The van der Waals surface area contributed by atoms with Gasteiger partial charge in [-0.1, -0.05) is 12.1 Å². The summed E-state index contributed by atoms with van der Waals surface area (Å²) in [6.45, 7) is -5.50. The Kier molecular flexibility index (Phi) is 6.21. The number of urea groups is 1. The van der Waals surface area contributed by atoms with Crippen LogP contribution in [0.15, 0.2) is 41.3 Å². The maximum atomic E-state index is 14.7. The van der Waals surface area contributed by atoms with Gasteiger partial charge < -0.3 is 15.1 Å². The van der Waals surface area contributed by atoms with Gasteiger partial charge in [-0.25, -0.2) is 23.4 Å². The molecule has 0 aliphatic carbocycles. The van der Waals surface area contributed by atoms with E-state index in [-0.39, 0.29) is 36.9 Å². The zero-order chi connectivity index (χ0) is 32.2. The number of H-pyrrole nitrogens is 1. The number of aromatic nitrogens is 3. The third kappa shape index (κ3) is 5.65. The summed E-state index contributed by atoms with van der Waals surface area (Å²) >= 11 is 0.